The van der Waals surface area contributed by atoms with Gasteiger partial charge in [-0.3, -0.25) is 9.69 Å². The number of methoxy groups -OCH3 is 1. The Morgan fingerprint density at radius 3 is 2.89 bits per heavy atom. The van der Waals surface area contributed by atoms with Gasteiger partial charge in [-0.15, -0.1) is 0 Å². The van der Waals surface area contributed by atoms with E-state index >= 15 is 0 Å². The van der Waals surface area contributed by atoms with Gasteiger partial charge in [-0.05, 0) is 32.4 Å². The van der Waals surface area contributed by atoms with Gasteiger partial charge < -0.3 is 15.0 Å². The lowest BCUT2D eigenvalue weighted by Gasteiger charge is -2.29. The molecule has 0 unspecified atom stereocenters. The Kier molecular flexibility index (Phi) is 6.07. The molecule has 19 heavy (non-hydrogen) atoms. The number of nitrogens with one attached hydrogen (secondary N) is 1. The van der Waals surface area contributed by atoms with Crippen LogP contribution in [0.5, 0.6) is 0 Å². The maximum absolute atomic E-state index is 12.5. The summed E-state index contributed by atoms with van der Waals surface area (Å²) in [4.78, 5) is 16.9. The van der Waals surface area contributed by atoms with Gasteiger partial charge in [0.2, 0.25) is 5.91 Å². The predicted molar refractivity (Wildman–Crippen MR) is 75.1 cm³/mol. The lowest BCUT2D eigenvalue weighted by molar-refractivity contribution is -0.135. The molecule has 0 saturated carbocycles. The predicted octanol–water partition coefficient (Wildman–Crippen LogP) is 0.167. The summed E-state index contributed by atoms with van der Waals surface area (Å²) < 4.78 is 5.12. The van der Waals surface area contributed by atoms with E-state index in [0.29, 0.717) is 5.91 Å². The maximum atomic E-state index is 12.5. The van der Waals surface area contributed by atoms with Crippen molar-refractivity contribution >= 4 is 5.91 Å². The first-order valence-electron chi connectivity index (χ1n) is 7.52. The Morgan fingerprint density at radius 2 is 2.16 bits per heavy atom. The van der Waals surface area contributed by atoms with Crippen LogP contribution in [0, 0.1) is 5.92 Å². The van der Waals surface area contributed by atoms with Crippen LogP contribution in [-0.4, -0.2) is 75.2 Å². The minimum Gasteiger partial charge on any atom is -0.383 e. The summed E-state index contributed by atoms with van der Waals surface area (Å²) in [7, 11) is 1.74. The summed E-state index contributed by atoms with van der Waals surface area (Å²) in [6.07, 6.45) is 3.26. The number of amides is 1. The van der Waals surface area contributed by atoms with Gasteiger partial charge in [-0.2, -0.15) is 0 Å². The number of piperidine rings is 1. The molecule has 2 fully saturated rings. The molecular weight excluding hydrogens is 242 g/mol. The van der Waals surface area contributed by atoms with Gasteiger partial charge >= 0.3 is 0 Å². The maximum Gasteiger partial charge on any atom is 0.227 e. The van der Waals surface area contributed by atoms with Crippen molar-refractivity contribution in [2.45, 2.75) is 19.3 Å². The fourth-order valence-electron chi connectivity index (χ4n) is 2.96. The second-order valence-electron chi connectivity index (χ2n) is 5.56. The fraction of sp³-hybridized carbons (Fsp3) is 0.929. The Bertz CT molecular complexity index is 280. The molecular formula is C14H27N3O2. The highest BCUT2D eigenvalue weighted by Gasteiger charge is 2.27. The average molecular weight is 269 g/mol. The summed E-state index contributed by atoms with van der Waals surface area (Å²) in [6, 6.07) is 0. The molecule has 2 heterocycles. The van der Waals surface area contributed by atoms with Gasteiger partial charge in [-0.1, -0.05) is 0 Å². The normalized spacial score (nSPS) is 26.2. The Balaban J connectivity index is 1.79. The minimum absolute atomic E-state index is 0.208. The lowest BCUT2D eigenvalue weighted by Crippen LogP contribution is -2.44. The summed E-state index contributed by atoms with van der Waals surface area (Å²) in [6.45, 7) is 7.53. The number of carbonyl (C=O) groups excluding carboxylic acids is 1. The van der Waals surface area contributed by atoms with E-state index in [4.69, 9.17) is 4.74 Å². The standard InChI is InChI=1S/C14H27N3O2/c1-19-11-10-16-6-3-7-17(9-8-16)14(18)13-4-2-5-15-12-13/h13,15H,2-12H2,1H3/t13-/m0/s1. The lowest BCUT2D eigenvalue weighted by atomic mass is 9.98. The van der Waals surface area contributed by atoms with Gasteiger partial charge in [0.25, 0.3) is 0 Å². The van der Waals surface area contributed by atoms with Crippen molar-refractivity contribution in [2.24, 2.45) is 5.92 Å². The van der Waals surface area contributed by atoms with Crippen LogP contribution in [0.1, 0.15) is 19.3 Å². The first kappa shape index (κ1) is 14.8. The van der Waals surface area contributed by atoms with E-state index < -0.39 is 0 Å². The number of rotatable bonds is 4. The molecule has 0 spiro atoms. The van der Waals surface area contributed by atoms with E-state index in [1.807, 2.05) is 0 Å². The Hall–Kier alpha value is -0.650. The van der Waals surface area contributed by atoms with E-state index in [9.17, 15) is 4.79 Å². The zero-order valence-electron chi connectivity index (χ0n) is 12.1. The van der Waals surface area contributed by atoms with E-state index in [1.165, 1.54) is 0 Å². The SMILES string of the molecule is COCCN1CCCN(C(=O)[C@H]2CCCNC2)CC1. The van der Waals surface area contributed by atoms with E-state index in [1.54, 1.807) is 7.11 Å². The van der Waals surface area contributed by atoms with Gasteiger partial charge in [0.15, 0.2) is 0 Å². The smallest absolute Gasteiger partial charge is 0.227 e. The molecule has 0 aromatic carbocycles. The van der Waals surface area contributed by atoms with E-state index in [-0.39, 0.29) is 5.92 Å². The zero-order chi connectivity index (χ0) is 13.5. The molecule has 0 aromatic rings. The van der Waals surface area contributed by atoms with Crippen molar-refractivity contribution in [2.75, 3.05) is 59.5 Å². The molecule has 0 aliphatic carbocycles. The van der Waals surface area contributed by atoms with Crippen LogP contribution in [0.15, 0.2) is 0 Å². The molecule has 5 heteroatoms. The second-order valence-corrected chi connectivity index (χ2v) is 5.56. The van der Waals surface area contributed by atoms with Crippen LogP contribution in [0.2, 0.25) is 0 Å². The molecule has 1 atom stereocenters. The van der Waals surface area contributed by atoms with E-state index in [0.717, 1.165) is 71.7 Å². The first-order valence-corrected chi connectivity index (χ1v) is 7.52. The number of carbonyl (C=O) groups is 1. The van der Waals surface area contributed by atoms with Crippen LogP contribution in [-0.2, 0) is 9.53 Å². The number of nitrogens with zero attached hydrogens (tertiary/aromatic N) is 2. The quantitative estimate of drug-likeness (QED) is 0.790. The van der Waals surface area contributed by atoms with Crippen molar-refractivity contribution in [1.29, 1.82) is 0 Å². The molecule has 5 nitrogen and oxygen atoms in total. The second kappa shape index (κ2) is 7.82. The van der Waals surface area contributed by atoms with Crippen molar-refractivity contribution in [3.63, 3.8) is 0 Å². The molecule has 1 amide bonds. The number of hydrogen-bond donors (Lipinski definition) is 1. The van der Waals surface area contributed by atoms with Crippen LogP contribution in [0.3, 0.4) is 0 Å². The zero-order valence-corrected chi connectivity index (χ0v) is 12.1. The molecule has 2 aliphatic rings. The molecule has 2 aliphatic heterocycles. The Morgan fingerprint density at radius 1 is 1.26 bits per heavy atom. The average Bonchev–Trinajstić information content (AvgIpc) is 2.71. The fourth-order valence-corrected chi connectivity index (χ4v) is 2.96. The number of hydrogen-bond acceptors (Lipinski definition) is 4. The first-order chi connectivity index (χ1) is 9.31. The van der Waals surface area contributed by atoms with E-state index in [2.05, 4.69) is 15.1 Å². The van der Waals surface area contributed by atoms with Gasteiger partial charge in [0.05, 0.1) is 12.5 Å². The van der Waals surface area contributed by atoms with Crippen molar-refractivity contribution in [1.82, 2.24) is 15.1 Å². The molecule has 1 N–H and O–H groups in total. The highest BCUT2D eigenvalue weighted by Crippen LogP contribution is 2.15. The summed E-state index contributed by atoms with van der Waals surface area (Å²) in [5, 5.41) is 3.33. The van der Waals surface area contributed by atoms with Crippen molar-refractivity contribution < 1.29 is 9.53 Å². The molecule has 0 bridgehead atoms. The largest absolute Gasteiger partial charge is 0.383 e. The monoisotopic (exact) mass is 269 g/mol. The van der Waals surface area contributed by atoms with Crippen molar-refractivity contribution in [3.8, 4) is 0 Å². The molecule has 0 radical (unpaired) electrons. The summed E-state index contributed by atoms with van der Waals surface area (Å²) in [5.41, 5.74) is 0. The molecule has 2 saturated heterocycles. The highest BCUT2D eigenvalue weighted by molar-refractivity contribution is 5.79. The highest BCUT2D eigenvalue weighted by atomic mass is 16.5. The third-order valence-electron chi connectivity index (χ3n) is 4.16. The van der Waals surface area contributed by atoms with Crippen LogP contribution in [0.25, 0.3) is 0 Å². The summed E-state index contributed by atoms with van der Waals surface area (Å²) >= 11 is 0. The third-order valence-corrected chi connectivity index (χ3v) is 4.16. The third kappa shape index (κ3) is 4.44. The van der Waals surface area contributed by atoms with Crippen LogP contribution >= 0.6 is 0 Å². The van der Waals surface area contributed by atoms with Gasteiger partial charge in [-0.25, -0.2) is 0 Å². The minimum atomic E-state index is 0.208. The van der Waals surface area contributed by atoms with Crippen LogP contribution < -0.4 is 5.32 Å². The Labute approximate surface area is 116 Å². The number of ether oxygens (including phenoxy) is 1. The van der Waals surface area contributed by atoms with Crippen LogP contribution in [0.4, 0.5) is 0 Å². The molecule has 2 rings (SSSR count). The summed E-state index contributed by atoms with van der Waals surface area (Å²) in [5.74, 6) is 0.570. The van der Waals surface area contributed by atoms with Gasteiger partial charge in [0.1, 0.15) is 0 Å². The van der Waals surface area contributed by atoms with Crippen molar-refractivity contribution in [3.05, 3.63) is 0 Å². The molecule has 0 aromatic heterocycles. The topological polar surface area (TPSA) is 44.8 Å². The van der Waals surface area contributed by atoms with Gasteiger partial charge in [0, 0.05) is 39.8 Å². The molecule has 110 valence electrons.